The maximum absolute atomic E-state index is 12.8. The lowest BCUT2D eigenvalue weighted by atomic mass is 10.1. The van der Waals surface area contributed by atoms with Crippen LogP contribution in [0.5, 0.6) is 0 Å². The van der Waals surface area contributed by atoms with Crippen LogP contribution in [0, 0.1) is 0 Å². The minimum Gasteiger partial charge on any atom is -0.335 e. The highest BCUT2D eigenvalue weighted by atomic mass is 79.9. The molecule has 5 heteroatoms. The lowest BCUT2D eigenvalue weighted by molar-refractivity contribution is 0.0683. The Morgan fingerprint density at radius 1 is 1.40 bits per heavy atom. The fourth-order valence-electron chi connectivity index (χ4n) is 2.22. The Kier molecular flexibility index (Phi) is 8.00. The smallest absolute Gasteiger partial charge is 0.255 e. The number of alkyl halides is 1. The van der Waals surface area contributed by atoms with E-state index in [1.807, 2.05) is 23.3 Å². The van der Waals surface area contributed by atoms with Crippen LogP contribution in [-0.2, 0) is 0 Å². The molecule has 0 bridgehead atoms. The highest BCUT2D eigenvalue weighted by Crippen LogP contribution is 2.25. The first kappa shape index (κ1) is 17.9. The second-order valence-electron chi connectivity index (χ2n) is 4.50. The van der Waals surface area contributed by atoms with E-state index in [0.29, 0.717) is 17.1 Å². The lowest BCUT2D eigenvalue weighted by Crippen LogP contribution is -2.41. The topological polar surface area (TPSA) is 20.3 Å². The summed E-state index contributed by atoms with van der Waals surface area (Å²) in [7, 11) is 0. The third-order valence-corrected chi connectivity index (χ3v) is 4.78. The summed E-state index contributed by atoms with van der Waals surface area (Å²) in [6, 6.07) is 5.89. The van der Waals surface area contributed by atoms with Crippen LogP contribution in [0.2, 0.25) is 5.02 Å². The predicted molar refractivity (Wildman–Crippen MR) is 92.4 cm³/mol. The predicted octanol–water partition coefficient (Wildman–Crippen LogP) is 5.09. The van der Waals surface area contributed by atoms with E-state index in [1.54, 1.807) is 17.8 Å². The number of rotatable bonds is 7. The number of benzene rings is 1. The van der Waals surface area contributed by atoms with Crippen LogP contribution >= 0.6 is 39.3 Å². The van der Waals surface area contributed by atoms with Gasteiger partial charge in [-0.05, 0) is 37.3 Å². The average Bonchev–Trinajstić information content (AvgIpc) is 2.47. The molecule has 1 amide bonds. The Bertz CT molecular complexity index is 451. The number of halogens is 2. The Balaban J connectivity index is 3.11. The van der Waals surface area contributed by atoms with Gasteiger partial charge in [0.05, 0.1) is 10.6 Å². The van der Waals surface area contributed by atoms with E-state index in [1.165, 1.54) is 0 Å². The summed E-state index contributed by atoms with van der Waals surface area (Å²) in [5, 5.41) is 1.30. The van der Waals surface area contributed by atoms with E-state index >= 15 is 0 Å². The van der Waals surface area contributed by atoms with Gasteiger partial charge in [0.15, 0.2) is 0 Å². The van der Waals surface area contributed by atoms with Gasteiger partial charge in [-0.1, -0.05) is 41.4 Å². The van der Waals surface area contributed by atoms with Crippen molar-refractivity contribution in [2.75, 3.05) is 18.1 Å². The van der Waals surface area contributed by atoms with Crippen molar-refractivity contribution in [2.24, 2.45) is 0 Å². The van der Waals surface area contributed by atoms with Crippen LogP contribution in [0.3, 0.4) is 0 Å². The van der Waals surface area contributed by atoms with E-state index in [4.69, 9.17) is 11.6 Å². The van der Waals surface area contributed by atoms with Crippen LogP contribution in [0.25, 0.3) is 0 Å². The van der Waals surface area contributed by atoms with Gasteiger partial charge < -0.3 is 4.90 Å². The SMILES string of the molecule is CCC(CC)N(CCBr)C(=O)c1cc(SC)ccc1Cl. The highest BCUT2D eigenvalue weighted by molar-refractivity contribution is 9.09. The van der Waals surface area contributed by atoms with Gasteiger partial charge in [-0.25, -0.2) is 0 Å². The molecule has 0 saturated carbocycles. The quantitative estimate of drug-likeness (QED) is 0.486. The fraction of sp³-hybridized carbons (Fsp3) is 0.533. The Morgan fingerprint density at radius 2 is 2.05 bits per heavy atom. The van der Waals surface area contributed by atoms with Gasteiger partial charge in [-0.15, -0.1) is 11.8 Å². The summed E-state index contributed by atoms with van der Waals surface area (Å²) in [5.74, 6) is 0.0269. The first-order valence-corrected chi connectivity index (χ1v) is 9.51. The van der Waals surface area contributed by atoms with E-state index < -0.39 is 0 Å². The highest BCUT2D eigenvalue weighted by Gasteiger charge is 2.23. The number of carbonyl (C=O) groups excluding carboxylic acids is 1. The van der Waals surface area contributed by atoms with E-state index in [9.17, 15) is 4.79 Å². The van der Waals surface area contributed by atoms with Crippen molar-refractivity contribution in [3.8, 4) is 0 Å². The Hall–Kier alpha value is -0.190. The zero-order valence-electron chi connectivity index (χ0n) is 12.2. The second kappa shape index (κ2) is 8.96. The maximum Gasteiger partial charge on any atom is 0.255 e. The second-order valence-corrected chi connectivity index (χ2v) is 6.58. The van der Waals surface area contributed by atoms with Gasteiger partial charge in [0, 0.05) is 22.8 Å². The Labute approximate surface area is 139 Å². The standard InChI is InChI=1S/C15H21BrClNOS/c1-4-11(5-2)18(9-8-16)15(19)13-10-12(20-3)6-7-14(13)17/h6-7,10-11H,4-5,8-9H2,1-3H3. The molecule has 0 aromatic heterocycles. The van der Waals surface area contributed by atoms with Crippen molar-refractivity contribution in [3.63, 3.8) is 0 Å². The number of hydrogen-bond acceptors (Lipinski definition) is 2. The van der Waals surface area contributed by atoms with Gasteiger partial charge in [-0.2, -0.15) is 0 Å². The van der Waals surface area contributed by atoms with Crippen LogP contribution < -0.4 is 0 Å². The fourth-order valence-corrected chi connectivity index (χ4v) is 3.24. The molecule has 20 heavy (non-hydrogen) atoms. The molecule has 0 aliphatic rings. The van der Waals surface area contributed by atoms with Crippen molar-refractivity contribution in [1.82, 2.24) is 4.90 Å². The summed E-state index contributed by atoms with van der Waals surface area (Å²) >= 11 is 11.3. The molecule has 0 aliphatic carbocycles. The van der Waals surface area contributed by atoms with Gasteiger partial charge >= 0.3 is 0 Å². The summed E-state index contributed by atoms with van der Waals surface area (Å²) < 4.78 is 0. The molecule has 0 fully saturated rings. The molecule has 2 nitrogen and oxygen atoms in total. The number of carbonyl (C=O) groups is 1. The Morgan fingerprint density at radius 3 is 2.55 bits per heavy atom. The lowest BCUT2D eigenvalue weighted by Gasteiger charge is -2.30. The maximum atomic E-state index is 12.8. The van der Waals surface area contributed by atoms with Crippen molar-refractivity contribution < 1.29 is 4.79 Å². The summed E-state index contributed by atoms with van der Waals surface area (Å²) in [6.45, 7) is 4.93. The zero-order valence-corrected chi connectivity index (χ0v) is 15.3. The molecule has 0 atom stereocenters. The third-order valence-electron chi connectivity index (χ3n) is 3.37. The number of thioether (sulfide) groups is 1. The molecule has 0 spiro atoms. The molecule has 1 aromatic carbocycles. The molecule has 112 valence electrons. The first-order chi connectivity index (χ1) is 9.58. The normalized spacial score (nSPS) is 10.9. The van der Waals surface area contributed by atoms with Crippen molar-refractivity contribution in [2.45, 2.75) is 37.6 Å². The number of hydrogen-bond donors (Lipinski definition) is 0. The van der Waals surface area contributed by atoms with Gasteiger partial charge in [-0.3, -0.25) is 4.79 Å². The molecular weight excluding hydrogens is 358 g/mol. The molecule has 1 rings (SSSR count). The van der Waals surface area contributed by atoms with Crippen molar-refractivity contribution in [3.05, 3.63) is 28.8 Å². The molecule has 0 aliphatic heterocycles. The van der Waals surface area contributed by atoms with Crippen LogP contribution in [0.1, 0.15) is 37.0 Å². The van der Waals surface area contributed by atoms with Crippen LogP contribution in [0.15, 0.2) is 23.1 Å². The van der Waals surface area contributed by atoms with Crippen LogP contribution in [0.4, 0.5) is 0 Å². The minimum absolute atomic E-state index is 0.0269. The zero-order chi connectivity index (χ0) is 15.1. The van der Waals surface area contributed by atoms with E-state index in [0.717, 1.165) is 23.1 Å². The van der Waals surface area contributed by atoms with Gasteiger partial charge in [0.1, 0.15) is 0 Å². The summed E-state index contributed by atoms with van der Waals surface area (Å²) in [6.07, 6.45) is 3.90. The van der Waals surface area contributed by atoms with Gasteiger partial charge in [0.25, 0.3) is 5.91 Å². The number of nitrogens with zero attached hydrogens (tertiary/aromatic N) is 1. The van der Waals surface area contributed by atoms with Crippen molar-refractivity contribution in [1.29, 1.82) is 0 Å². The van der Waals surface area contributed by atoms with E-state index in [-0.39, 0.29) is 11.9 Å². The summed E-state index contributed by atoms with van der Waals surface area (Å²) in [4.78, 5) is 15.8. The van der Waals surface area contributed by atoms with Gasteiger partial charge in [0.2, 0.25) is 0 Å². The molecule has 1 aromatic rings. The minimum atomic E-state index is 0.0269. The molecule has 0 heterocycles. The number of amides is 1. The average molecular weight is 379 g/mol. The molecule has 0 unspecified atom stereocenters. The third kappa shape index (κ3) is 4.40. The summed E-state index contributed by atoms with van der Waals surface area (Å²) in [5.41, 5.74) is 0.603. The molecule has 0 radical (unpaired) electrons. The largest absolute Gasteiger partial charge is 0.335 e. The molecular formula is C15H21BrClNOS. The molecule has 0 N–H and O–H groups in total. The van der Waals surface area contributed by atoms with E-state index in [2.05, 4.69) is 29.8 Å². The monoisotopic (exact) mass is 377 g/mol. The van der Waals surface area contributed by atoms with Crippen molar-refractivity contribution >= 4 is 45.2 Å². The first-order valence-electron chi connectivity index (χ1n) is 6.79. The van der Waals surface area contributed by atoms with Crippen LogP contribution in [-0.4, -0.2) is 35.0 Å². The molecule has 0 saturated heterocycles.